The molecule has 1 saturated carbocycles. The minimum Gasteiger partial charge on any atom is -0.353 e. The molecule has 1 heterocycles. The standard InChI is InChI=1S/C22H33N3O2/c1-17-7-9-18(10-8-17)15-23-21(26)16-25-13-11-20(12-14-25)24-22(27)19-5-3-2-4-6-19/h7-10,19-20H,2-6,11-16H2,1H3,(H,23,26)(H,24,27). The van der Waals surface area contributed by atoms with Gasteiger partial charge < -0.3 is 10.6 Å². The summed E-state index contributed by atoms with van der Waals surface area (Å²) >= 11 is 0. The molecule has 27 heavy (non-hydrogen) atoms. The average Bonchev–Trinajstić information content (AvgIpc) is 2.70. The molecule has 5 nitrogen and oxygen atoms in total. The van der Waals surface area contributed by atoms with Crippen molar-refractivity contribution in [3.05, 3.63) is 35.4 Å². The summed E-state index contributed by atoms with van der Waals surface area (Å²) in [5, 5.41) is 6.25. The number of carbonyl (C=O) groups excluding carboxylic acids is 2. The largest absolute Gasteiger partial charge is 0.353 e. The van der Waals surface area contributed by atoms with Gasteiger partial charge in [0.1, 0.15) is 0 Å². The normalized spacial score (nSPS) is 19.6. The highest BCUT2D eigenvalue weighted by Gasteiger charge is 2.26. The molecule has 3 rings (SSSR count). The van der Waals surface area contributed by atoms with Crippen molar-refractivity contribution in [1.29, 1.82) is 0 Å². The van der Waals surface area contributed by atoms with Crippen LogP contribution >= 0.6 is 0 Å². The van der Waals surface area contributed by atoms with Crippen LogP contribution in [0.2, 0.25) is 0 Å². The predicted molar refractivity (Wildman–Crippen MR) is 107 cm³/mol. The zero-order valence-electron chi connectivity index (χ0n) is 16.5. The number of aryl methyl sites for hydroxylation is 1. The van der Waals surface area contributed by atoms with Crippen molar-refractivity contribution in [3.63, 3.8) is 0 Å². The topological polar surface area (TPSA) is 61.4 Å². The van der Waals surface area contributed by atoms with Gasteiger partial charge in [-0.3, -0.25) is 14.5 Å². The van der Waals surface area contributed by atoms with Crippen molar-refractivity contribution in [2.75, 3.05) is 19.6 Å². The first-order valence-corrected chi connectivity index (χ1v) is 10.4. The Morgan fingerprint density at radius 1 is 1.00 bits per heavy atom. The van der Waals surface area contributed by atoms with Gasteiger partial charge in [0.05, 0.1) is 6.54 Å². The number of carbonyl (C=O) groups is 2. The van der Waals surface area contributed by atoms with Crippen molar-refractivity contribution in [3.8, 4) is 0 Å². The number of hydrogen-bond donors (Lipinski definition) is 2. The summed E-state index contributed by atoms with van der Waals surface area (Å²) in [6.45, 7) is 4.81. The Hall–Kier alpha value is -1.88. The van der Waals surface area contributed by atoms with Gasteiger partial charge in [-0.2, -0.15) is 0 Å². The van der Waals surface area contributed by atoms with Gasteiger partial charge in [0.2, 0.25) is 11.8 Å². The molecular formula is C22H33N3O2. The molecule has 0 radical (unpaired) electrons. The van der Waals surface area contributed by atoms with Gasteiger partial charge in [0.25, 0.3) is 0 Å². The summed E-state index contributed by atoms with van der Waals surface area (Å²) in [6, 6.07) is 8.50. The molecular weight excluding hydrogens is 338 g/mol. The van der Waals surface area contributed by atoms with Crippen LogP contribution in [0.5, 0.6) is 0 Å². The smallest absolute Gasteiger partial charge is 0.234 e. The van der Waals surface area contributed by atoms with Gasteiger partial charge in [-0.15, -0.1) is 0 Å². The zero-order valence-corrected chi connectivity index (χ0v) is 16.5. The molecule has 0 bridgehead atoms. The third-order valence-electron chi connectivity index (χ3n) is 5.89. The maximum atomic E-state index is 12.4. The van der Waals surface area contributed by atoms with Crippen LogP contribution in [-0.2, 0) is 16.1 Å². The molecule has 0 aromatic heterocycles. The lowest BCUT2D eigenvalue weighted by Crippen LogP contribution is -2.48. The highest BCUT2D eigenvalue weighted by molar-refractivity contribution is 5.79. The van der Waals surface area contributed by atoms with Crippen molar-refractivity contribution in [2.45, 2.75) is 64.5 Å². The second-order valence-corrected chi connectivity index (χ2v) is 8.16. The molecule has 148 valence electrons. The van der Waals surface area contributed by atoms with E-state index >= 15 is 0 Å². The molecule has 0 atom stereocenters. The Balaban J connectivity index is 1.33. The van der Waals surface area contributed by atoms with Gasteiger partial charge >= 0.3 is 0 Å². The van der Waals surface area contributed by atoms with Gasteiger partial charge in [0.15, 0.2) is 0 Å². The van der Waals surface area contributed by atoms with Crippen LogP contribution < -0.4 is 10.6 Å². The maximum Gasteiger partial charge on any atom is 0.234 e. The van der Waals surface area contributed by atoms with Crippen LogP contribution in [0.3, 0.4) is 0 Å². The van der Waals surface area contributed by atoms with Gasteiger partial charge in [0, 0.05) is 31.6 Å². The lowest BCUT2D eigenvalue weighted by Gasteiger charge is -2.33. The summed E-state index contributed by atoms with van der Waals surface area (Å²) < 4.78 is 0. The third kappa shape index (κ3) is 6.35. The number of amides is 2. The first-order valence-electron chi connectivity index (χ1n) is 10.4. The van der Waals surface area contributed by atoms with Crippen LogP contribution in [0.1, 0.15) is 56.1 Å². The van der Waals surface area contributed by atoms with E-state index in [9.17, 15) is 9.59 Å². The zero-order chi connectivity index (χ0) is 19.1. The third-order valence-corrected chi connectivity index (χ3v) is 5.89. The first-order chi connectivity index (χ1) is 13.1. The molecule has 2 aliphatic rings. The second kappa shape index (κ2) is 9.88. The van der Waals surface area contributed by atoms with E-state index in [1.165, 1.54) is 24.8 Å². The fourth-order valence-electron chi connectivity index (χ4n) is 4.08. The minimum absolute atomic E-state index is 0.0697. The van der Waals surface area contributed by atoms with E-state index in [-0.39, 0.29) is 23.8 Å². The van der Waals surface area contributed by atoms with Crippen molar-refractivity contribution >= 4 is 11.8 Å². The predicted octanol–water partition coefficient (Wildman–Crippen LogP) is 2.77. The Labute approximate surface area is 162 Å². The van der Waals surface area contributed by atoms with E-state index in [1.807, 2.05) is 0 Å². The van der Waals surface area contributed by atoms with E-state index < -0.39 is 0 Å². The lowest BCUT2D eigenvalue weighted by molar-refractivity contribution is -0.127. The summed E-state index contributed by atoms with van der Waals surface area (Å²) in [6.07, 6.45) is 7.61. The van der Waals surface area contributed by atoms with E-state index in [2.05, 4.69) is 46.7 Å². The highest BCUT2D eigenvalue weighted by Crippen LogP contribution is 2.24. The van der Waals surface area contributed by atoms with Gasteiger partial charge in [-0.05, 0) is 38.2 Å². The monoisotopic (exact) mass is 371 g/mol. The number of hydrogen-bond acceptors (Lipinski definition) is 3. The lowest BCUT2D eigenvalue weighted by atomic mass is 9.88. The number of benzene rings is 1. The number of likely N-dealkylation sites (tertiary alicyclic amines) is 1. The van der Waals surface area contributed by atoms with Crippen LogP contribution in [0, 0.1) is 12.8 Å². The summed E-state index contributed by atoms with van der Waals surface area (Å²) in [7, 11) is 0. The van der Waals surface area contributed by atoms with E-state index in [0.29, 0.717) is 13.1 Å². The molecule has 1 aromatic carbocycles. The molecule has 2 fully saturated rings. The molecule has 0 unspecified atom stereocenters. The molecule has 1 aromatic rings. The second-order valence-electron chi connectivity index (χ2n) is 8.16. The van der Waals surface area contributed by atoms with E-state index in [0.717, 1.165) is 44.3 Å². The molecule has 2 amide bonds. The van der Waals surface area contributed by atoms with E-state index in [1.54, 1.807) is 0 Å². The number of nitrogens with zero attached hydrogens (tertiary/aromatic N) is 1. The Morgan fingerprint density at radius 3 is 2.33 bits per heavy atom. The fourth-order valence-corrected chi connectivity index (χ4v) is 4.08. The summed E-state index contributed by atoms with van der Waals surface area (Å²) in [5.74, 6) is 0.550. The summed E-state index contributed by atoms with van der Waals surface area (Å²) in [4.78, 5) is 26.8. The fraction of sp³-hybridized carbons (Fsp3) is 0.636. The average molecular weight is 372 g/mol. The molecule has 5 heteroatoms. The summed E-state index contributed by atoms with van der Waals surface area (Å²) in [5.41, 5.74) is 2.35. The van der Waals surface area contributed by atoms with Gasteiger partial charge in [-0.25, -0.2) is 0 Å². The number of piperidine rings is 1. The number of nitrogens with one attached hydrogen (secondary N) is 2. The first kappa shape index (κ1) is 19.9. The number of rotatable bonds is 6. The molecule has 0 spiro atoms. The van der Waals surface area contributed by atoms with Crippen LogP contribution in [0.15, 0.2) is 24.3 Å². The quantitative estimate of drug-likeness (QED) is 0.808. The maximum absolute atomic E-state index is 12.4. The van der Waals surface area contributed by atoms with Gasteiger partial charge in [-0.1, -0.05) is 49.1 Å². The highest BCUT2D eigenvalue weighted by atomic mass is 16.2. The van der Waals surface area contributed by atoms with E-state index in [4.69, 9.17) is 0 Å². The molecule has 1 aliphatic heterocycles. The molecule has 2 N–H and O–H groups in total. The molecule has 1 saturated heterocycles. The SMILES string of the molecule is Cc1ccc(CNC(=O)CN2CCC(NC(=O)C3CCCCC3)CC2)cc1. The van der Waals surface area contributed by atoms with Crippen LogP contribution in [0.4, 0.5) is 0 Å². The molecule has 1 aliphatic carbocycles. The Kier molecular flexibility index (Phi) is 7.27. The van der Waals surface area contributed by atoms with Crippen LogP contribution in [0.25, 0.3) is 0 Å². The Bertz CT molecular complexity index is 615. The Morgan fingerprint density at radius 2 is 1.67 bits per heavy atom. The van der Waals surface area contributed by atoms with Crippen LogP contribution in [-0.4, -0.2) is 42.4 Å². The minimum atomic E-state index is 0.0697. The van der Waals surface area contributed by atoms with Crippen molar-refractivity contribution in [1.82, 2.24) is 15.5 Å². The van der Waals surface area contributed by atoms with Crippen molar-refractivity contribution in [2.24, 2.45) is 5.92 Å². The van der Waals surface area contributed by atoms with Crippen molar-refractivity contribution < 1.29 is 9.59 Å².